The number of ether oxygens (including phenoxy) is 3. The van der Waals surface area contributed by atoms with E-state index in [9.17, 15) is 9.59 Å². The lowest BCUT2D eigenvalue weighted by molar-refractivity contribution is -0.143. The molecule has 0 spiro atoms. The highest BCUT2D eigenvalue weighted by Crippen LogP contribution is 2.37. The first-order chi connectivity index (χ1) is 15.4. The maximum Gasteiger partial charge on any atom is 0.305 e. The minimum Gasteiger partial charge on any atom is -0.492 e. The fraction of sp³-hybridized carbons (Fsp3) is 0.333. The van der Waals surface area contributed by atoms with E-state index < -0.39 is 0 Å². The number of carbonyl (C=O) groups excluding carboxylic acids is 2. The second-order valence-electron chi connectivity index (χ2n) is 7.18. The van der Waals surface area contributed by atoms with E-state index in [-0.39, 0.29) is 18.4 Å². The van der Waals surface area contributed by atoms with Gasteiger partial charge in [0.15, 0.2) is 5.78 Å². The van der Waals surface area contributed by atoms with Gasteiger partial charge < -0.3 is 14.2 Å². The summed E-state index contributed by atoms with van der Waals surface area (Å²) in [6, 6.07) is 9.15. The largest absolute Gasteiger partial charge is 0.492 e. The van der Waals surface area contributed by atoms with Crippen molar-refractivity contribution in [1.82, 2.24) is 0 Å². The van der Waals surface area contributed by atoms with Crippen LogP contribution in [0.15, 0.2) is 40.4 Å². The average Bonchev–Trinajstić information content (AvgIpc) is 2.77. The average molecular weight is 587 g/mol. The number of Topliss-reactive ketones (excluding diaryl/α,β-unsaturated/α-hetero) is 1. The van der Waals surface area contributed by atoms with Crippen LogP contribution in [0.4, 0.5) is 0 Å². The molecule has 5 nitrogen and oxygen atoms in total. The first-order valence-corrected chi connectivity index (χ1v) is 12.6. The summed E-state index contributed by atoms with van der Waals surface area (Å²) in [5.41, 5.74) is 2.87. The molecule has 2 aromatic rings. The van der Waals surface area contributed by atoms with Crippen molar-refractivity contribution in [2.24, 2.45) is 0 Å². The van der Waals surface area contributed by atoms with Crippen molar-refractivity contribution in [3.8, 4) is 11.5 Å². The normalized spacial score (nSPS) is 14.1. The SMILES string of the molecule is CCOC(=O)CCCCOc1cc(/C=C2\COc3c(Br)cc(CBr)cc3C2=O)ccc1Cl. The van der Waals surface area contributed by atoms with E-state index in [4.69, 9.17) is 25.8 Å². The molecule has 0 radical (unpaired) electrons. The maximum absolute atomic E-state index is 13.1. The number of alkyl halides is 1. The third-order valence-electron chi connectivity index (χ3n) is 4.80. The Morgan fingerprint density at radius 1 is 1.25 bits per heavy atom. The quantitative estimate of drug-likeness (QED) is 0.141. The predicted octanol–water partition coefficient (Wildman–Crippen LogP) is 6.77. The van der Waals surface area contributed by atoms with Crippen LogP contribution in [0.3, 0.4) is 0 Å². The van der Waals surface area contributed by atoms with Crippen LogP contribution >= 0.6 is 43.5 Å². The molecule has 0 aliphatic carbocycles. The van der Waals surface area contributed by atoms with Crippen molar-refractivity contribution in [3.05, 3.63) is 62.1 Å². The van der Waals surface area contributed by atoms with Crippen molar-refractivity contribution in [1.29, 1.82) is 0 Å². The van der Waals surface area contributed by atoms with E-state index >= 15 is 0 Å². The molecule has 0 saturated heterocycles. The molecule has 0 aromatic heterocycles. The Hall–Kier alpha value is -1.83. The van der Waals surface area contributed by atoms with Gasteiger partial charge in [0.1, 0.15) is 18.1 Å². The summed E-state index contributed by atoms with van der Waals surface area (Å²) in [5.74, 6) is 0.840. The number of halogens is 3. The van der Waals surface area contributed by atoms with E-state index in [1.807, 2.05) is 18.2 Å². The Labute approximate surface area is 209 Å². The number of ketones is 1. The second kappa shape index (κ2) is 11.9. The monoisotopic (exact) mass is 584 g/mol. The minimum atomic E-state index is -0.199. The standard InChI is InChI=1S/C24H23Br2ClO5/c1-2-30-22(28)5-3-4-8-31-21-12-15(6-7-20(21)27)9-17-14-32-24-18(23(17)29)10-16(13-25)11-19(24)26/h6-7,9-12H,2-5,8,13-14H2,1H3/b17-9+. The third kappa shape index (κ3) is 6.36. The van der Waals surface area contributed by atoms with E-state index in [0.29, 0.717) is 65.5 Å². The molecule has 0 atom stereocenters. The minimum absolute atomic E-state index is 0.0638. The first-order valence-electron chi connectivity index (χ1n) is 10.3. The number of benzene rings is 2. The molecule has 2 aromatic carbocycles. The van der Waals surface area contributed by atoms with Crippen LogP contribution in [0, 0.1) is 0 Å². The molecule has 0 saturated carbocycles. The smallest absolute Gasteiger partial charge is 0.305 e. The summed E-state index contributed by atoms with van der Waals surface area (Å²) in [6.45, 7) is 2.79. The van der Waals surface area contributed by atoms with Gasteiger partial charge in [0, 0.05) is 17.3 Å². The highest BCUT2D eigenvalue weighted by Gasteiger charge is 2.26. The van der Waals surface area contributed by atoms with Crippen molar-refractivity contribution in [3.63, 3.8) is 0 Å². The van der Waals surface area contributed by atoms with Gasteiger partial charge in [0.05, 0.1) is 28.3 Å². The lowest BCUT2D eigenvalue weighted by Gasteiger charge is -2.21. The zero-order valence-electron chi connectivity index (χ0n) is 17.6. The topological polar surface area (TPSA) is 61.8 Å². The summed E-state index contributed by atoms with van der Waals surface area (Å²) in [7, 11) is 0. The van der Waals surface area contributed by atoms with E-state index in [0.717, 1.165) is 15.6 Å². The molecule has 0 unspecified atom stereocenters. The van der Waals surface area contributed by atoms with Crippen LogP contribution in [0.5, 0.6) is 11.5 Å². The number of esters is 1. The number of unbranched alkanes of at least 4 members (excludes halogenated alkanes) is 1. The van der Waals surface area contributed by atoms with Crippen molar-refractivity contribution in [2.75, 3.05) is 19.8 Å². The van der Waals surface area contributed by atoms with Gasteiger partial charge in [-0.05, 0) is 77.2 Å². The van der Waals surface area contributed by atoms with Gasteiger partial charge in [-0.1, -0.05) is 33.6 Å². The van der Waals surface area contributed by atoms with E-state index in [1.165, 1.54) is 0 Å². The molecule has 8 heteroatoms. The van der Waals surface area contributed by atoms with Gasteiger partial charge in [-0.2, -0.15) is 0 Å². The van der Waals surface area contributed by atoms with Crippen molar-refractivity contribution >= 4 is 61.3 Å². The Balaban J connectivity index is 1.68. The van der Waals surface area contributed by atoms with Gasteiger partial charge in [-0.25, -0.2) is 0 Å². The van der Waals surface area contributed by atoms with Crippen LogP contribution in [0.25, 0.3) is 6.08 Å². The highest BCUT2D eigenvalue weighted by molar-refractivity contribution is 9.10. The molecule has 0 fully saturated rings. The Morgan fingerprint density at radius 2 is 2.06 bits per heavy atom. The molecular formula is C24H23Br2ClO5. The molecular weight excluding hydrogens is 564 g/mol. The fourth-order valence-electron chi connectivity index (χ4n) is 3.25. The summed E-state index contributed by atoms with van der Waals surface area (Å²) >= 11 is 13.2. The van der Waals surface area contributed by atoms with Gasteiger partial charge in [0.25, 0.3) is 0 Å². The molecule has 1 heterocycles. The van der Waals surface area contributed by atoms with E-state index in [2.05, 4.69) is 31.9 Å². The molecule has 1 aliphatic heterocycles. The maximum atomic E-state index is 13.1. The lowest BCUT2D eigenvalue weighted by atomic mass is 9.97. The number of hydrogen-bond acceptors (Lipinski definition) is 5. The summed E-state index contributed by atoms with van der Waals surface area (Å²) < 4.78 is 17.3. The second-order valence-corrected chi connectivity index (χ2v) is 9.00. The first kappa shape index (κ1) is 24.8. The molecule has 0 amide bonds. The van der Waals surface area contributed by atoms with Crippen LogP contribution in [0.2, 0.25) is 5.02 Å². The predicted molar refractivity (Wildman–Crippen MR) is 132 cm³/mol. The molecule has 3 rings (SSSR count). The van der Waals surface area contributed by atoms with Crippen molar-refractivity contribution < 1.29 is 23.8 Å². The van der Waals surface area contributed by atoms with Crippen LogP contribution in [0.1, 0.15) is 47.7 Å². The Bertz CT molecular complexity index is 1040. The number of hydrogen-bond donors (Lipinski definition) is 0. The van der Waals surface area contributed by atoms with Crippen LogP contribution < -0.4 is 9.47 Å². The van der Waals surface area contributed by atoms with E-state index in [1.54, 1.807) is 25.1 Å². The fourth-order valence-corrected chi connectivity index (χ4v) is 4.36. The Morgan fingerprint density at radius 3 is 2.81 bits per heavy atom. The number of rotatable bonds is 9. The number of fused-ring (bicyclic) bond motifs is 1. The van der Waals surface area contributed by atoms with Crippen molar-refractivity contribution in [2.45, 2.75) is 31.5 Å². The Kier molecular flexibility index (Phi) is 9.20. The zero-order chi connectivity index (χ0) is 23.1. The highest BCUT2D eigenvalue weighted by atomic mass is 79.9. The summed E-state index contributed by atoms with van der Waals surface area (Å²) in [6.07, 6.45) is 3.54. The van der Waals surface area contributed by atoms with Crippen LogP contribution in [-0.4, -0.2) is 31.6 Å². The van der Waals surface area contributed by atoms with Gasteiger partial charge in [0.2, 0.25) is 0 Å². The van der Waals surface area contributed by atoms with Gasteiger partial charge in [-0.3, -0.25) is 9.59 Å². The summed E-state index contributed by atoms with van der Waals surface area (Å²) in [5, 5.41) is 1.13. The van der Waals surface area contributed by atoms with Crippen LogP contribution in [-0.2, 0) is 14.9 Å². The molecule has 1 aliphatic rings. The molecule has 170 valence electrons. The molecule has 0 N–H and O–H groups in total. The zero-order valence-corrected chi connectivity index (χ0v) is 21.5. The summed E-state index contributed by atoms with van der Waals surface area (Å²) in [4.78, 5) is 24.4. The molecule has 32 heavy (non-hydrogen) atoms. The molecule has 0 bridgehead atoms. The lowest BCUT2D eigenvalue weighted by Crippen LogP contribution is -2.19. The third-order valence-corrected chi connectivity index (χ3v) is 6.35. The van der Waals surface area contributed by atoms with Gasteiger partial charge >= 0.3 is 5.97 Å². The van der Waals surface area contributed by atoms with Gasteiger partial charge in [-0.15, -0.1) is 0 Å². The number of carbonyl (C=O) groups is 2.